The van der Waals surface area contributed by atoms with Crippen LogP contribution in [0.3, 0.4) is 0 Å². The maximum atomic E-state index is 12.9. The molecule has 0 spiro atoms. The van der Waals surface area contributed by atoms with E-state index in [1.165, 1.54) is 0 Å². The van der Waals surface area contributed by atoms with Gasteiger partial charge < -0.3 is 15.0 Å². The van der Waals surface area contributed by atoms with Crippen LogP contribution in [0.25, 0.3) is 0 Å². The molecule has 6 nitrogen and oxygen atoms in total. The van der Waals surface area contributed by atoms with Gasteiger partial charge in [0.05, 0.1) is 5.69 Å². The number of hydrogen-bond donors (Lipinski definition) is 1. The molecule has 4 rings (SSSR count). The van der Waals surface area contributed by atoms with E-state index in [0.717, 1.165) is 18.4 Å². The smallest absolute Gasteiger partial charge is 0.262 e. The Balaban J connectivity index is 1.58. The predicted octanol–water partition coefficient (Wildman–Crippen LogP) is 2.22. The average Bonchev–Trinajstić information content (AvgIpc) is 3.44. The fourth-order valence-electron chi connectivity index (χ4n) is 2.81. The lowest BCUT2D eigenvalue weighted by atomic mass is 10.1. The van der Waals surface area contributed by atoms with Crippen LogP contribution >= 0.6 is 0 Å². The Morgan fingerprint density at radius 1 is 1.33 bits per heavy atom. The Labute approximate surface area is 139 Å². The molecule has 1 saturated carbocycles. The first-order valence-corrected chi connectivity index (χ1v) is 7.97. The zero-order chi connectivity index (χ0) is 16.5. The van der Waals surface area contributed by atoms with Crippen molar-refractivity contribution in [2.45, 2.75) is 25.4 Å². The lowest BCUT2D eigenvalue weighted by Gasteiger charge is -2.24. The first-order valence-electron chi connectivity index (χ1n) is 7.97. The molecule has 1 fully saturated rings. The van der Waals surface area contributed by atoms with Gasteiger partial charge in [-0.1, -0.05) is 6.07 Å². The van der Waals surface area contributed by atoms with E-state index < -0.39 is 0 Å². The summed E-state index contributed by atoms with van der Waals surface area (Å²) in [5, 5.41) is 2.73. The minimum Gasteiger partial charge on any atom is -0.482 e. The molecule has 1 aromatic heterocycles. The second kappa shape index (κ2) is 5.96. The van der Waals surface area contributed by atoms with Gasteiger partial charge in [0, 0.05) is 30.5 Å². The Morgan fingerprint density at radius 3 is 2.96 bits per heavy atom. The number of hydrogen-bond acceptors (Lipinski definition) is 4. The molecule has 1 aromatic carbocycles. The standard InChI is InChI=1S/C18H17N3O3/c22-17-11-24-16-8-13(3-6-15(16)20-17)18(23)21(14-4-5-14)10-12-2-1-7-19-9-12/h1-3,6-9,14H,4-5,10-11H2,(H,20,22). The summed E-state index contributed by atoms with van der Waals surface area (Å²) >= 11 is 0. The van der Waals surface area contributed by atoms with Crippen molar-refractivity contribution in [3.05, 3.63) is 53.9 Å². The highest BCUT2D eigenvalue weighted by atomic mass is 16.5. The van der Waals surface area contributed by atoms with Gasteiger partial charge in [-0.25, -0.2) is 0 Å². The maximum Gasteiger partial charge on any atom is 0.262 e. The molecular weight excluding hydrogens is 306 g/mol. The van der Waals surface area contributed by atoms with Crippen molar-refractivity contribution in [1.29, 1.82) is 0 Å². The van der Waals surface area contributed by atoms with Gasteiger partial charge in [0.1, 0.15) is 5.75 Å². The Morgan fingerprint density at radius 2 is 2.21 bits per heavy atom. The number of amides is 2. The van der Waals surface area contributed by atoms with E-state index in [0.29, 0.717) is 23.5 Å². The number of carbonyl (C=O) groups excluding carboxylic acids is 2. The molecule has 2 aliphatic rings. The minimum absolute atomic E-state index is 0.0212. The van der Waals surface area contributed by atoms with Gasteiger partial charge >= 0.3 is 0 Å². The molecule has 24 heavy (non-hydrogen) atoms. The van der Waals surface area contributed by atoms with Gasteiger partial charge in [-0.15, -0.1) is 0 Å². The fraction of sp³-hybridized carbons (Fsp3) is 0.278. The molecular formula is C18H17N3O3. The van der Waals surface area contributed by atoms with E-state index in [-0.39, 0.29) is 24.5 Å². The number of nitrogens with zero attached hydrogens (tertiary/aromatic N) is 2. The fourth-order valence-corrected chi connectivity index (χ4v) is 2.81. The molecule has 0 unspecified atom stereocenters. The third-order valence-electron chi connectivity index (χ3n) is 4.19. The molecule has 122 valence electrons. The number of rotatable bonds is 4. The molecule has 2 amide bonds. The quantitative estimate of drug-likeness (QED) is 0.936. The van der Waals surface area contributed by atoms with Crippen molar-refractivity contribution in [1.82, 2.24) is 9.88 Å². The second-order valence-corrected chi connectivity index (χ2v) is 6.07. The van der Waals surface area contributed by atoms with Crippen LogP contribution in [0, 0.1) is 0 Å². The lowest BCUT2D eigenvalue weighted by molar-refractivity contribution is -0.118. The summed E-state index contributed by atoms with van der Waals surface area (Å²) in [5.41, 5.74) is 2.19. The summed E-state index contributed by atoms with van der Waals surface area (Å²) in [6, 6.07) is 9.29. The first kappa shape index (κ1) is 14.7. The number of nitrogens with one attached hydrogen (secondary N) is 1. The molecule has 0 saturated heterocycles. The van der Waals surface area contributed by atoms with Crippen molar-refractivity contribution in [2.24, 2.45) is 0 Å². The number of aromatic nitrogens is 1. The molecule has 1 aliphatic heterocycles. The maximum absolute atomic E-state index is 12.9. The van der Waals surface area contributed by atoms with Crippen molar-refractivity contribution in [3.63, 3.8) is 0 Å². The predicted molar refractivity (Wildman–Crippen MR) is 87.7 cm³/mol. The van der Waals surface area contributed by atoms with Crippen molar-refractivity contribution in [2.75, 3.05) is 11.9 Å². The largest absolute Gasteiger partial charge is 0.482 e. The van der Waals surface area contributed by atoms with Crippen LogP contribution < -0.4 is 10.1 Å². The normalized spacial score (nSPS) is 15.9. The highest BCUT2D eigenvalue weighted by Gasteiger charge is 2.33. The topological polar surface area (TPSA) is 71.5 Å². The highest BCUT2D eigenvalue weighted by molar-refractivity contribution is 5.99. The number of ether oxygens (including phenoxy) is 1. The van der Waals surface area contributed by atoms with E-state index in [2.05, 4.69) is 10.3 Å². The van der Waals surface area contributed by atoms with Crippen LogP contribution in [-0.4, -0.2) is 34.3 Å². The van der Waals surface area contributed by atoms with Crippen LogP contribution in [0.15, 0.2) is 42.7 Å². The average molecular weight is 323 g/mol. The first-order chi connectivity index (χ1) is 11.7. The molecule has 0 atom stereocenters. The third-order valence-corrected chi connectivity index (χ3v) is 4.19. The molecule has 2 heterocycles. The van der Waals surface area contributed by atoms with Gasteiger partial charge in [-0.2, -0.15) is 0 Å². The number of carbonyl (C=O) groups is 2. The Bertz CT molecular complexity index is 787. The van der Waals surface area contributed by atoms with Gasteiger partial charge in [-0.05, 0) is 42.7 Å². The summed E-state index contributed by atoms with van der Waals surface area (Å²) < 4.78 is 5.41. The van der Waals surface area contributed by atoms with Crippen LogP contribution in [0.2, 0.25) is 0 Å². The number of benzene rings is 1. The highest BCUT2D eigenvalue weighted by Crippen LogP contribution is 2.32. The van der Waals surface area contributed by atoms with E-state index in [1.807, 2.05) is 17.0 Å². The van der Waals surface area contributed by atoms with Gasteiger partial charge in [0.15, 0.2) is 6.61 Å². The van der Waals surface area contributed by atoms with Crippen LogP contribution in [0.1, 0.15) is 28.8 Å². The van der Waals surface area contributed by atoms with E-state index in [4.69, 9.17) is 4.74 Å². The molecule has 6 heteroatoms. The second-order valence-electron chi connectivity index (χ2n) is 6.07. The summed E-state index contributed by atoms with van der Waals surface area (Å²) in [7, 11) is 0. The molecule has 1 aliphatic carbocycles. The van der Waals surface area contributed by atoms with E-state index in [9.17, 15) is 9.59 Å². The molecule has 2 aromatic rings. The zero-order valence-corrected chi connectivity index (χ0v) is 13.1. The molecule has 0 bridgehead atoms. The van der Waals surface area contributed by atoms with Crippen LogP contribution in [-0.2, 0) is 11.3 Å². The van der Waals surface area contributed by atoms with Crippen LogP contribution in [0.4, 0.5) is 5.69 Å². The summed E-state index contributed by atoms with van der Waals surface area (Å²) in [4.78, 5) is 30.3. The summed E-state index contributed by atoms with van der Waals surface area (Å²) in [6.07, 6.45) is 5.57. The Hall–Kier alpha value is -2.89. The molecule has 1 N–H and O–H groups in total. The number of fused-ring (bicyclic) bond motifs is 1. The monoisotopic (exact) mass is 323 g/mol. The van der Waals surface area contributed by atoms with Crippen LogP contribution in [0.5, 0.6) is 5.75 Å². The zero-order valence-electron chi connectivity index (χ0n) is 13.1. The van der Waals surface area contributed by atoms with Crippen molar-refractivity contribution in [3.8, 4) is 5.75 Å². The van der Waals surface area contributed by atoms with Crippen molar-refractivity contribution < 1.29 is 14.3 Å². The number of anilines is 1. The van der Waals surface area contributed by atoms with Gasteiger partial charge in [-0.3, -0.25) is 14.6 Å². The third kappa shape index (κ3) is 2.95. The van der Waals surface area contributed by atoms with E-state index in [1.54, 1.807) is 30.6 Å². The summed E-state index contributed by atoms with van der Waals surface area (Å²) in [5.74, 6) is 0.333. The summed E-state index contributed by atoms with van der Waals surface area (Å²) in [6.45, 7) is 0.526. The number of pyridine rings is 1. The lowest BCUT2D eigenvalue weighted by Crippen LogP contribution is -2.33. The molecule has 0 radical (unpaired) electrons. The Kier molecular flexibility index (Phi) is 3.65. The van der Waals surface area contributed by atoms with Gasteiger partial charge in [0.2, 0.25) is 0 Å². The minimum atomic E-state index is -0.183. The SMILES string of the molecule is O=C1COc2cc(C(=O)N(Cc3cccnc3)C3CC3)ccc2N1. The van der Waals surface area contributed by atoms with Crippen molar-refractivity contribution >= 4 is 17.5 Å². The van der Waals surface area contributed by atoms with E-state index >= 15 is 0 Å². The van der Waals surface area contributed by atoms with Gasteiger partial charge in [0.25, 0.3) is 11.8 Å².